The number of piperazine rings is 1. The van der Waals surface area contributed by atoms with Crippen LogP contribution >= 0.6 is 27.3 Å². The predicted octanol–water partition coefficient (Wildman–Crippen LogP) is 3.93. The predicted molar refractivity (Wildman–Crippen MR) is 92.7 cm³/mol. The summed E-state index contributed by atoms with van der Waals surface area (Å²) < 4.78 is 1.11. The Labute approximate surface area is 138 Å². The fourth-order valence-electron chi connectivity index (χ4n) is 2.82. The van der Waals surface area contributed by atoms with Crippen LogP contribution in [0.3, 0.4) is 0 Å². The lowest BCUT2D eigenvalue weighted by molar-refractivity contribution is 0.169. The lowest BCUT2D eigenvalue weighted by atomic mass is 10.1. The molecule has 1 unspecified atom stereocenters. The molecule has 2 heterocycles. The average Bonchev–Trinajstić information content (AvgIpc) is 2.99. The van der Waals surface area contributed by atoms with E-state index in [2.05, 4.69) is 56.6 Å². The van der Waals surface area contributed by atoms with Gasteiger partial charge in [-0.3, -0.25) is 4.90 Å². The van der Waals surface area contributed by atoms with Crippen molar-refractivity contribution < 1.29 is 0 Å². The number of nitrogens with zero attached hydrogens (tertiary/aromatic N) is 2. The highest BCUT2D eigenvalue weighted by Gasteiger charge is 2.23. The minimum absolute atomic E-state index is 0.452. The average molecular weight is 366 g/mol. The Hall–Kier alpha value is -0.750. The van der Waals surface area contributed by atoms with E-state index in [9.17, 15) is 0 Å². The van der Waals surface area contributed by atoms with E-state index in [1.807, 2.05) is 6.07 Å². The lowest BCUT2D eigenvalue weighted by Gasteiger charge is -2.33. The van der Waals surface area contributed by atoms with Gasteiger partial charge in [-0.05, 0) is 12.5 Å². The number of aromatic nitrogens is 1. The standard InChI is InChI=1S/C16H20BrN3S/c1-2-15(20-9-7-18-8-10-20)16-19-14(11-21-16)12-5-3-4-6-13(12)17/h3-6,11,15,18H,2,7-10H2,1H3. The van der Waals surface area contributed by atoms with Crippen LogP contribution in [0.5, 0.6) is 0 Å². The monoisotopic (exact) mass is 365 g/mol. The number of hydrogen-bond donors (Lipinski definition) is 1. The summed E-state index contributed by atoms with van der Waals surface area (Å²) in [6, 6.07) is 8.74. The van der Waals surface area contributed by atoms with Crippen LogP contribution in [0.15, 0.2) is 34.1 Å². The van der Waals surface area contributed by atoms with Gasteiger partial charge in [-0.25, -0.2) is 4.98 Å². The fourth-order valence-corrected chi connectivity index (χ4v) is 4.34. The van der Waals surface area contributed by atoms with Gasteiger partial charge in [-0.1, -0.05) is 41.1 Å². The first kappa shape index (κ1) is 15.2. The molecule has 0 saturated carbocycles. The second-order valence-electron chi connectivity index (χ2n) is 5.26. The van der Waals surface area contributed by atoms with E-state index in [0.717, 1.165) is 42.8 Å². The molecule has 0 bridgehead atoms. The van der Waals surface area contributed by atoms with Gasteiger partial charge in [0.25, 0.3) is 0 Å². The van der Waals surface area contributed by atoms with Gasteiger partial charge in [0.1, 0.15) is 5.01 Å². The molecule has 0 radical (unpaired) electrons. The van der Waals surface area contributed by atoms with E-state index in [1.54, 1.807) is 11.3 Å². The molecule has 0 spiro atoms. The molecule has 1 N–H and O–H groups in total. The second-order valence-corrected chi connectivity index (χ2v) is 7.00. The van der Waals surface area contributed by atoms with Gasteiger partial charge in [0.2, 0.25) is 0 Å². The van der Waals surface area contributed by atoms with Crippen molar-refractivity contribution in [2.45, 2.75) is 19.4 Å². The van der Waals surface area contributed by atoms with Crippen molar-refractivity contribution in [2.75, 3.05) is 26.2 Å². The molecule has 5 heteroatoms. The normalized spacial score (nSPS) is 17.8. The first-order chi connectivity index (χ1) is 10.3. The van der Waals surface area contributed by atoms with E-state index in [-0.39, 0.29) is 0 Å². The number of halogens is 1. The van der Waals surface area contributed by atoms with Gasteiger partial charge in [0.15, 0.2) is 0 Å². The number of hydrogen-bond acceptors (Lipinski definition) is 4. The van der Waals surface area contributed by atoms with Crippen LogP contribution in [0, 0.1) is 0 Å². The highest BCUT2D eigenvalue weighted by Crippen LogP contribution is 2.33. The Morgan fingerprint density at radius 3 is 2.81 bits per heavy atom. The third-order valence-electron chi connectivity index (χ3n) is 3.94. The summed E-state index contributed by atoms with van der Waals surface area (Å²) in [5.74, 6) is 0. The summed E-state index contributed by atoms with van der Waals surface area (Å²) in [5.41, 5.74) is 2.26. The quantitative estimate of drug-likeness (QED) is 0.889. The molecule has 21 heavy (non-hydrogen) atoms. The van der Waals surface area contributed by atoms with E-state index in [0.29, 0.717) is 6.04 Å². The van der Waals surface area contributed by atoms with E-state index < -0.39 is 0 Å². The lowest BCUT2D eigenvalue weighted by Crippen LogP contribution is -2.45. The molecule has 0 amide bonds. The van der Waals surface area contributed by atoms with Crippen molar-refractivity contribution in [3.05, 3.63) is 39.1 Å². The first-order valence-electron chi connectivity index (χ1n) is 7.44. The van der Waals surface area contributed by atoms with Gasteiger partial charge in [-0.2, -0.15) is 0 Å². The maximum Gasteiger partial charge on any atom is 0.110 e. The molecule has 1 fully saturated rings. The van der Waals surface area contributed by atoms with Crippen molar-refractivity contribution in [1.29, 1.82) is 0 Å². The van der Waals surface area contributed by atoms with Crippen LogP contribution in [-0.4, -0.2) is 36.1 Å². The van der Waals surface area contributed by atoms with Crippen LogP contribution in [0.25, 0.3) is 11.3 Å². The van der Waals surface area contributed by atoms with Gasteiger partial charge in [0.05, 0.1) is 11.7 Å². The Morgan fingerprint density at radius 1 is 1.33 bits per heavy atom. The SMILES string of the molecule is CCC(c1nc(-c2ccccc2Br)cs1)N1CCNCC1. The Balaban J connectivity index is 1.84. The zero-order valence-electron chi connectivity index (χ0n) is 12.2. The Kier molecular flexibility index (Phi) is 5.06. The van der Waals surface area contributed by atoms with Crippen molar-refractivity contribution in [3.8, 4) is 11.3 Å². The molecule has 3 rings (SSSR count). The zero-order valence-corrected chi connectivity index (χ0v) is 14.6. The molecular weight excluding hydrogens is 346 g/mol. The van der Waals surface area contributed by atoms with E-state index in [1.165, 1.54) is 10.6 Å². The maximum atomic E-state index is 4.91. The molecule has 1 aromatic carbocycles. The van der Waals surface area contributed by atoms with Crippen LogP contribution in [-0.2, 0) is 0 Å². The number of nitrogens with one attached hydrogen (secondary N) is 1. The Morgan fingerprint density at radius 2 is 2.10 bits per heavy atom. The third-order valence-corrected chi connectivity index (χ3v) is 5.57. The highest BCUT2D eigenvalue weighted by atomic mass is 79.9. The highest BCUT2D eigenvalue weighted by molar-refractivity contribution is 9.10. The van der Waals surface area contributed by atoms with Gasteiger partial charge < -0.3 is 5.32 Å². The summed E-state index contributed by atoms with van der Waals surface area (Å²) in [5, 5.41) is 6.84. The Bertz CT molecular complexity index is 593. The van der Waals surface area contributed by atoms with Crippen LogP contribution in [0.4, 0.5) is 0 Å². The summed E-state index contributed by atoms with van der Waals surface area (Å²) in [7, 11) is 0. The van der Waals surface area contributed by atoms with Crippen molar-refractivity contribution in [1.82, 2.24) is 15.2 Å². The number of thiazole rings is 1. The maximum absolute atomic E-state index is 4.91. The minimum Gasteiger partial charge on any atom is -0.314 e. The van der Waals surface area contributed by atoms with Crippen molar-refractivity contribution >= 4 is 27.3 Å². The molecule has 2 aromatic rings. The summed E-state index contributed by atoms with van der Waals surface area (Å²) >= 11 is 5.40. The van der Waals surface area contributed by atoms with Crippen molar-refractivity contribution in [2.24, 2.45) is 0 Å². The molecule has 3 nitrogen and oxygen atoms in total. The number of benzene rings is 1. The molecule has 112 valence electrons. The van der Waals surface area contributed by atoms with E-state index in [4.69, 9.17) is 4.98 Å². The first-order valence-corrected chi connectivity index (χ1v) is 9.12. The topological polar surface area (TPSA) is 28.2 Å². The van der Waals surface area contributed by atoms with Gasteiger partial charge in [-0.15, -0.1) is 11.3 Å². The van der Waals surface area contributed by atoms with Crippen LogP contribution < -0.4 is 5.32 Å². The summed E-state index contributed by atoms with van der Waals surface area (Å²) in [6.45, 7) is 6.65. The largest absolute Gasteiger partial charge is 0.314 e. The minimum atomic E-state index is 0.452. The third kappa shape index (κ3) is 3.37. The second kappa shape index (κ2) is 7.01. The summed E-state index contributed by atoms with van der Waals surface area (Å²) in [4.78, 5) is 7.47. The summed E-state index contributed by atoms with van der Waals surface area (Å²) in [6.07, 6.45) is 1.11. The molecule has 1 saturated heterocycles. The molecular formula is C16H20BrN3S. The number of rotatable bonds is 4. The van der Waals surface area contributed by atoms with Crippen molar-refractivity contribution in [3.63, 3.8) is 0 Å². The van der Waals surface area contributed by atoms with Gasteiger partial charge >= 0.3 is 0 Å². The molecule has 1 aromatic heterocycles. The van der Waals surface area contributed by atoms with E-state index >= 15 is 0 Å². The molecule has 0 aliphatic carbocycles. The molecule has 1 aliphatic heterocycles. The van der Waals surface area contributed by atoms with Gasteiger partial charge in [0, 0.05) is 41.6 Å². The molecule has 1 atom stereocenters. The van der Waals surface area contributed by atoms with Crippen LogP contribution in [0.1, 0.15) is 24.4 Å². The fraction of sp³-hybridized carbons (Fsp3) is 0.438. The zero-order chi connectivity index (χ0) is 14.7. The van der Waals surface area contributed by atoms with Crippen LogP contribution in [0.2, 0.25) is 0 Å². The smallest absolute Gasteiger partial charge is 0.110 e. The molecule has 1 aliphatic rings.